The monoisotopic (exact) mass is 202 g/mol. The highest BCUT2D eigenvalue weighted by molar-refractivity contribution is 4.67. The van der Waals surface area contributed by atoms with Gasteiger partial charge in [0.1, 0.15) is 0 Å². The smallest absolute Gasteiger partial charge is 0.0477 e. The quantitative estimate of drug-likeness (QED) is 0.622. The van der Waals surface area contributed by atoms with Gasteiger partial charge in [0, 0.05) is 26.3 Å². The predicted molar refractivity (Wildman–Crippen MR) is 61.3 cm³/mol. The van der Waals surface area contributed by atoms with E-state index in [2.05, 4.69) is 26.1 Å². The first-order valence-corrected chi connectivity index (χ1v) is 5.53. The lowest BCUT2D eigenvalue weighted by atomic mass is 9.98. The standard InChI is InChI=1S/C11H26N2O/c1-9(2)10(3)7-13-8-11(12)5-6-14-4/h9-11,13H,5-8,12H2,1-4H3. The molecule has 0 aliphatic rings. The van der Waals surface area contributed by atoms with Crippen LogP contribution in [0.25, 0.3) is 0 Å². The van der Waals surface area contributed by atoms with Gasteiger partial charge in [0.2, 0.25) is 0 Å². The Balaban J connectivity index is 3.34. The van der Waals surface area contributed by atoms with E-state index in [-0.39, 0.29) is 6.04 Å². The minimum atomic E-state index is 0.217. The van der Waals surface area contributed by atoms with Crippen LogP contribution in [-0.2, 0) is 4.74 Å². The lowest BCUT2D eigenvalue weighted by Gasteiger charge is -2.18. The normalized spacial score (nSPS) is 15.9. The Morgan fingerprint density at radius 1 is 1.21 bits per heavy atom. The maximum absolute atomic E-state index is 5.88. The Labute approximate surface area is 88.4 Å². The molecule has 14 heavy (non-hydrogen) atoms. The summed E-state index contributed by atoms with van der Waals surface area (Å²) in [6.07, 6.45) is 0.930. The molecule has 0 bridgehead atoms. The molecule has 0 rings (SSSR count). The molecule has 86 valence electrons. The van der Waals surface area contributed by atoms with Gasteiger partial charge in [-0.2, -0.15) is 0 Å². The second-order valence-corrected chi connectivity index (χ2v) is 4.42. The van der Waals surface area contributed by atoms with Crippen molar-refractivity contribution in [3.63, 3.8) is 0 Å². The van der Waals surface area contributed by atoms with E-state index in [0.29, 0.717) is 5.92 Å². The summed E-state index contributed by atoms with van der Waals surface area (Å²) in [5.74, 6) is 1.45. The minimum absolute atomic E-state index is 0.217. The molecule has 0 aromatic rings. The Morgan fingerprint density at radius 2 is 1.86 bits per heavy atom. The van der Waals surface area contributed by atoms with Crippen molar-refractivity contribution < 1.29 is 4.74 Å². The molecule has 0 saturated heterocycles. The molecule has 0 spiro atoms. The van der Waals surface area contributed by atoms with E-state index >= 15 is 0 Å². The highest BCUT2D eigenvalue weighted by Gasteiger charge is 2.07. The lowest BCUT2D eigenvalue weighted by molar-refractivity contribution is 0.187. The van der Waals surface area contributed by atoms with Gasteiger partial charge in [0.15, 0.2) is 0 Å². The number of rotatable bonds is 8. The van der Waals surface area contributed by atoms with E-state index < -0.39 is 0 Å². The van der Waals surface area contributed by atoms with E-state index in [9.17, 15) is 0 Å². The van der Waals surface area contributed by atoms with Gasteiger partial charge < -0.3 is 15.8 Å². The van der Waals surface area contributed by atoms with Crippen molar-refractivity contribution in [3.05, 3.63) is 0 Å². The van der Waals surface area contributed by atoms with Crippen molar-refractivity contribution in [1.82, 2.24) is 5.32 Å². The van der Waals surface area contributed by atoms with Crippen molar-refractivity contribution in [2.75, 3.05) is 26.8 Å². The van der Waals surface area contributed by atoms with Crippen LogP contribution in [-0.4, -0.2) is 32.8 Å². The number of nitrogens with two attached hydrogens (primary N) is 1. The third-order valence-electron chi connectivity index (χ3n) is 2.70. The molecule has 2 atom stereocenters. The molecule has 0 heterocycles. The fourth-order valence-electron chi connectivity index (χ4n) is 1.10. The lowest BCUT2D eigenvalue weighted by Crippen LogP contribution is -2.37. The van der Waals surface area contributed by atoms with Crippen molar-refractivity contribution in [1.29, 1.82) is 0 Å². The number of nitrogens with one attached hydrogen (secondary N) is 1. The molecular weight excluding hydrogens is 176 g/mol. The zero-order chi connectivity index (χ0) is 11.0. The highest BCUT2D eigenvalue weighted by atomic mass is 16.5. The van der Waals surface area contributed by atoms with E-state index in [1.807, 2.05) is 0 Å². The summed E-state index contributed by atoms with van der Waals surface area (Å²) in [4.78, 5) is 0. The molecule has 0 amide bonds. The van der Waals surface area contributed by atoms with Crippen molar-refractivity contribution in [3.8, 4) is 0 Å². The number of hydrogen-bond acceptors (Lipinski definition) is 3. The zero-order valence-corrected chi connectivity index (χ0v) is 10.0. The molecule has 0 aromatic carbocycles. The van der Waals surface area contributed by atoms with Crippen molar-refractivity contribution in [2.24, 2.45) is 17.6 Å². The largest absolute Gasteiger partial charge is 0.385 e. The summed E-state index contributed by atoms with van der Waals surface area (Å²) < 4.78 is 4.97. The van der Waals surface area contributed by atoms with Crippen LogP contribution in [0, 0.1) is 11.8 Å². The van der Waals surface area contributed by atoms with Crippen LogP contribution in [0.3, 0.4) is 0 Å². The SMILES string of the molecule is COCCC(N)CNCC(C)C(C)C. The molecule has 2 unspecified atom stereocenters. The Bertz CT molecular complexity index is 128. The summed E-state index contributed by atoms with van der Waals surface area (Å²) in [6, 6.07) is 0.217. The van der Waals surface area contributed by atoms with Gasteiger partial charge in [0.05, 0.1) is 0 Å². The average molecular weight is 202 g/mol. The van der Waals surface area contributed by atoms with E-state index in [1.165, 1.54) is 0 Å². The molecule has 0 aliphatic carbocycles. The molecule has 0 aliphatic heterocycles. The Kier molecular flexibility index (Phi) is 8.14. The third kappa shape index (κ3) is 7.30. The van der Waals surface area contributed by atoms with Gasteiger partial charge in [-0.3, -0.25) is 0 Å². The maximum Gasteiger partial charge on any atom is 0.0477 e. The summed E-state index contributed by atoms with van der Waals surface area (Å²) in [5, 5.41) is 3.39. The first-order valence-electron chi connectivity index (χ1n) is 5.53. The maximum atomic E-state index is 5.88. The minimum Gasteiger partial charge on any atom is -0.385 e. The van der Waals surface area contributed by atoms with Crippen LogP contribution >= 0.6 is 0 Å². The second-order valence-electron chi connectivity index (χ2n) is 4.42. The number of methoxy groups -OCH3 is 1. The van der Waals surface area contributed by atoms with Crippen LogP contribution in [0.15, 0.2) is 0 Å². The molecule has 3 heteroatoms. The topological polar surface area (TPSA) is 47.3 Å². The Hall–Kier alpha value is -0.120. The first-order chi connectivity index (χ1) is 6.57. The fraction of sp³-hybridized carbons (Fsp3) is 1.00. The van der Waals surface area contributed by atoms with Gasteiger partial charge in [-0.05, 0) is 24.8 Å². The van der Waals surface area contributed by atoms with E-state index in [0.717, 1.165) is 32.0 Å². The first kappa shape index (κ1) is 13.9. The van der Waals surface area contributed by atoms with Crippen LogP contribution in [0.1, 0.15) is 27.2 Å². The fourth-order valence-corrected chi connectivity index (χ4v) is 1.10. The van der Waals surface area contributed by atoms with Gasteiger partial charge in [-0.25, -0.2) is 0 Å². The van der Waals surface area contributed by atoms with Gasteiger partial charge in [-0.1, -0.05) is 20.8 Å². The van der Waals surface area contributed by atoms with E-state index in [4.69, 9.17) is 10.5 Å². The third-order valence-corrected chi connectivity index (χ3v) is 2.70. The second kappa shape index (κ2) is 8.21. The van der Waals surface area contributed by atoms with Gasteiger partial charge in [-0.15, -0.1) is 0 Å². The van der Waals surface area contributed by atoms with Crippen LogP contribution in [0.5, 0.6) is 0 Å². The van der Waals surface area contributed by atoms with Crippen LogP contribution in [0.4, 0.5) is 0 Å². The molecule has 0 aromatic heterocycles. The number of ether oxygens (including phenoxy) is 1. The summed E-state index contributed by atoms with van der Waals surface area (Å²) in [7, 11) is 1.71. The number of hydrogen-bond donors (Lipinski definition) is 2. The summed E-state index contributed by atoms with van der Waals surface area (Å²) in [5.41, 5.74) is 5.88. The van der Waals surface area contributed by atoms with E-state index in [1.54, 1.807) is 7.11 Å². The molecule has 0 fully saturated rings. The molecule has 3 nitrogen and oxygen atoms in total. The van der Waals surface area contributed by atoms with Crippen LogP contribution < -0.4 is 11.1 Å². The highest BCUT2D eigenvalue weighted by Crippen LogP contribution is 2.07. The molecule has 3 N–H and O–H groups in total. The molecule has 0 saturated carbocycles. The zero-order valence-electron chi connectivity index (χ0n) is 10.0. The van der Waals surface area contributed by atoms with Crippen LogP contribution in [0.2, 0.25) is 0 Å². The summed E-state index contributed by atoms with van der Waals surface area (Å²) >= 11 is 0. The van der Waals surface area contributed by atoms with Crippen molar-refractivity contribution in [2.45, 2.75) is 33.2 Å². The van der Waals surface area contributed by atoms with Crippen molar-refractivity contribution >= 4 is 0 Å². The summed E-state index contributed by atoms with van der Waals surface area (Å²) in [6.45, 7) is 9.45. The Morgan fingerprint density at radius 3 is 2.36 bits per heavy atom. The molecular formula is C11H26N2O. The average Bonchev–Trinajstić information content (AvgIpc) is 2.14. The van der Waals surface area contributed by atoms with Gasteiger partial charge >= 0.3 is 0 Å². The predicted octanol–water partition coefficient (Wildman–Crippen LogP) is 1.23. The van der Waals surface area contributed by atoms with Gasteiger partial charge in [0.25, 0.3) is 0 Å². The molecule has 0 radical (unpaired) electrons.